The SMILES string of the molecule is CCCCC(=O)NC(CC(C)(C)C)c1ccccc1. The molecule has 1 atom stereocenters. The fraction of sp³-hybridized carbons (Fsp3) is 0.588. The van der Waals surface area contributed by atoms with Crippen molar-refractivity contribution in [2.24, 2.45) is 5.41 Å². The highest BCUT2D eigenvalue weighted by atomic mass is 16.1. The maximum absolute atomic E-state index is 12.0. The molecular weight excluding hydrogens is 234 g/mol. The first-order valence-electron chi connectivity index (χ1n) is 7.26. The highest BCUT2D eigenvalue weighted by Crippen LogP contribution is 2.29. The fourth-order valence-electron chi connectivity index (χ4n) is 2.15. The summed E-state index contributed by atoms with van der Waals surface area (Å²) in [5.41, 5.74) is 1.39. The molecule has 0 fully saturated rings. The molecule has 0 aromatic heterocycles. The molecule has 0 bridgehead atoms. The predicted octanol–water partition coefficient (Wildman–Crippen LogP) is 4.47. The van der Waals surface area contributed by atoms with Gasteiger partial charge in [-0.1, -0.05) is 64.4 Å². The largest absolute Gasteiger partial charge is 0.349 e. The molecule has 1 unspecified atom stereocenters. The Hall–Kier alpha value is -1.31. The second kappa shape index (κ2) is 7.32. The minimum Gasteiger partial charge on any atom is -0.349 e. The van der Waals surface area contributed by atoms with Crippen LogP contribution in [0.4, 0.5) is 0 Å². The number of rotatable bonds is 6. The number of unbranched alkanes of at least 4 members (excludes halogenated alkanes) is 1. The van der Waals surface area contributed by atoms with Gasteiger partial charge in [0.25, 0.3) is 0 Å². The average Bonchev–Trinajstić information content (AvgIpc) is 2.35. The number of amides is 1. The van der Waals surface area contributed by atoms with Gasteiger partial charge in [0.2, 0.25) is 5.91 Å². The van der Waals surface area contributed by atoms with E-state index in [4.69, 9.17) is 0 Å². The van der Waals surface area contributed by atoms with E-state index in [0.29, 0.717) is 6.42 Å². The van der Waals surface area contributed by atoms with E-state index >= 15 is 0 Å². The zero-order valence-corrected chi connectivity index (χ0v) is 12.7. The third-order valence-electron chi connectivity index (χ3n) is 3.11. The van der Waals surface area contributed by atoms with E-state index in [0.717, 1.165) is 19.3 Å². The van der Waals surface area contributed by atoms with Gasteiger partial charge >= 0.3 is 0 Å². The van der Waals surface area contributed by atoms with E-state index in [1.807, 2.05) is 18.2 Å². The first-order chi connectivity index (χ1) is 8.92. The average molecular weight is 261 g/mol. The van der Waals surface area contributed by atoms with Crippen molar-refractivity contribution in [3.63, 3.8) is 0 Å². The van der Waals surface area contributed by atoms with Crippen LogP contribution in [0.5, 0.6) is 0 Å². The van der Waals surface area contributed by atoms with Crippen molar-refractivity contribution >= 4 is 5.91 Å². The number of benzene rings is 1. The number of hydrogen-bond acceptors (Lipinski definition) is 1. The Morgan fingerprint density at radius 3 is 2.37 bits per heavy atom. The summed E-state index contributed by atoms with van der Waals surface area (Å²) in [6, 6.07) is 10.4. The summed E-state index contributed by atoms with van der Waals surface area (Å²) in [5.74, 6) is 0.167. The molecule has 1 aromatic rings. The lowest BCUT2D eigenvalue weighted by atomic mass is 9.85. The van der Waals surface area contributed by atoms with E-state index in [2.05, 4.69) is 45.1 Å². The molecule has 0 aliphatic heterocycles. The van der Waals surface area contributed by atoms with Crippen molar-refractivity contribution in [3.8, 4) is 0 Å². The van der Waals surface area contributed by atoms with Crippen LogP contribution in [0.2, 0.25) is 0 Å². The van der Waals surface area contributed by atoms with Crippen LogP contribution in [0.15, 0.2) is 30.3 Å². The molecule has 19 heavy (non-hydrogen) atoms. The Balaban J connectivity index is 2.73. The normalized spacial score (nSPS) is 13.1. The minimum absolute atomic E-state index is 0.116. The summed E-state index contributed by atoms with van der Waals surface area (Å²) in [6.07, 6.45) is 3.60. The van der Waals surface area contributed by atoms with Crippen LogP contribution in [-0.2, 0) is 4.79 Å². The van der Waals surface area contributed by atoms with Crippen LogP contribution >= 0.6 is 0 Å². The van der Waals surface area contributed by atoms with Gasteiger partial charge in [-0.15, -0.1) is 0 Å². The Kier molecular flexibility index (Phi) is 6.07. The predicted molar refractivity (Wildman–Crippen MR) is 80.9 cm³/mol. The molecule has 1 N–H and O–H groups in total. The van der Waals surface area contributed by atoms with Crippen molar-refractivity contribution in [2.75, 3.05) is 0 Å². The molecule has 0 heterocycles. The van der Waals surface area contributed by atoms with Crippen LogP contribution < -0.4 is 5.32 Å². The molecule has 2 nitrogen and oxygen atoms in total. The molecule has 106 valence electrons. The van der Waals surface area contributed by atoms with Gasteiger partial charge in [0.1, 0.15) is 0 Å². The molecule has 0 spiro atoms. The van der Waals surface area contributed by atoms with E-state index in [-0.39, 0.29) is 17.4 Å². The molecule has 0 aliphatic rings. The van der Waals surface area contributed by atoms with Gasteiger partial charge in [-0.2, -0.15) is 0 Å². The minimum atomic E-state index is 0.116. The summed E-state index contributed by atoms with van der Waals surface area (Å²) >= 11 is 0. The Morgan fingerprint density at radius 1 is 1.21 bits per heavy atom. The quantitative estimate of drug-likeness (QED) is 0.804. The second-order valence-electron chi connectivity index (χ2n) is 6.40. The van der Waals surface area contributed by atoms with Crippen molar-refractivity contribution in [2.45, 2.75) is 59.4 Å². The number of hydrogen-bond donors (Lipinski definition) is 1. The molecule has 1 rings (SSSR count). The van der Waals surface area contributed by atoms with E-state index in [1.54, 1.807) is 0 Å². The third-order valence-corrected chi connectivity index (χ3v) is 3.11. The fourth-order valence-corrected chi connectivity index (χ4v) is 2.15. The zero-order valence-electron chi connectivity index (χ0n) is 12.7. The summed E-state index contributed by atoms with van der Waals surface area (Å²) in [6.45, 7) is 8.74. The smallest absolute Gasteiger partial charge is 0.220 e. The first kappa shape index (κ1) is 15.7. The standard InChI is InChI=1S/C17H27NO/c1-5-6-12-16(19)18-15(13-17(2,3)4)14-10-8-7-9-11-14/h7-11,15H,5-6,12-13H2,1-4H3,(H,18,19). The Morgan fingerprint density at radius 2 is 1.84 bits per heavy atom. The number of carbonyl (C=O) groups excluding carboxylic acids is 1. The molecule has 1 aromatic carbocycles. The monoisotopic (exact) mass is 261 g/mol. The summed E-state index contributed by atoms with van der Waals surface area (Å²) < 4.78 is 0. The summed E-state index contributed by atoms with van der Waals surface area (Å²) in [7, 11) is 0. The molecule has 0 saturated carbocycles. The number of nitrogens with one attached hydrogen (secondary N) is 1. The maximum atomic E-state index is 12.0. The van der Waals surface area contributed by atoms with Crippen LogP contribution in [0.3, 0.4) is 0 Å². The zero-order chi connectivity index (χ0) is 14.3. The molecule has 0 saturated heterocycles. The molecule has 2 heteroatoms. The first-order valence-corrected chi connectivity index (χ1v) is 7.26. The highest BCUT2D eigenvalue weighted by Gasteiger charge is 2.21. The summed E-state index contributed by atoms with van der Waals surface area (Å²) in [5, 5.41) is 3.19. The van der Waals surface area contributed by atoms with Crippen LogP contribution in [0, 0.1) is 5.41 Å². The lowest BCUT2D eigenvalue weighted by Crippen LogP contribution is -2.31. The van der Waals surface area contributed by atoms with Crippen LogP contribution in [-0.4, -0.2) is 5.91 Å². The Bertz CT molecular complexity index is 378. The van der Waals surface area contributed by atoms with Gasteiger partial charge in [-0.05, 0) is 23.8 Å². The van der Waals surface area contributed by atoms with Crippen LogP contribution in [0.25, 0.3) is 0 Å². The van der Waals surface area contributed by atoms with Crippen molar-refractivity contribution in [3.05, 3.63) is 35.9 Å². The highest BCUT2D eigenvalue weighted by molar-refractivity contribution is 5.76. The van der Waals surface area contributed by atoms with Crippen molar-refractivity contribution in [1.29, 1.82) is 0 Å². The topological polar surface area (TPSA) is 29.1 Å². The van der Waals surface area contributed by atoms with E-state index in [9.17, 15) is 4.79 Å². The van der Waals surface area contributed by atoms with Gasteiger partial charge < -0.3 is 5.32 Å². The van der Waals surface area contributed by atoms with Gasteiger partial charge in [-0.3, -0.25) is 4.79 Å². The van der Waals surface area contributed by atoms with E-state index < -0.39 is 0 Å². The summed E-state index contributed by atoms with van der Waals surface area (Å²) in [4.78, 5) is 12.0. The van der Waals surface area contributed by atoms with Gasteiger partial charge in [0.05, 0.1) is 6.04 Å². The van der Waals surface area contributed by atoms with E-state index in [1.165, 1.54) is 5.56 Å². The molecule has 0 aliphatic carbocycles. The molecular formula is C17H27NO. The van der Waals surface area contributed by atoms with Gasteiger partial charge in [0, 0.05) is 6.42 Å². The van der Waals surface area contributed by atoms with Crippen molar-refractivity contribution in [1.82, 2.24) is 5.32 Å². The molecule has 0 radical (unpaired) electrons. The Labute approximate surface area is 117 Å². The maximum Gasteiger partial charge on any atom is 0.220 e. The van der Waals surface area contributed by atoms with Gasteiger partial charge in [-0.25, -0.2) is 0 Å². The molecule has 1 amide bonds. The number of carbonyl (C=O) groups is 1. The lowest BCUT2D eigenvalue weighted by Gasteiger charge is -2.27. The second-order valence-corrected chi connectivity index (χ2v) is 6.40. The van der Waals surface area contributed by atoms with Crippen molar-refractivity contribution < 1.29 is 4.79 Å². The lowest BCUT2D eigenvalue weighted by molar-refractivity contribution is -0.122. The van der Waals surface area contributed by atoms with Crippen LogP contribution in [0.1, 0.15) is 65.0 Å². The van der Waals surface area contributed by atoms with Gasteiger partial charge in [0.15, 0.2) is 0 Å². The third kappa shape index (κ3) is 6.42.